The Kier molecular flexibility index (Phi) is 5.32. The fourth-order valence-corrected chi connectivity index (χ4v) is 4.74. The van der Waals surface area contributed by atoms with Crippen molar-refractivity contribution in [1.29, 1.82) is 0 Å². The molecule has 1 aromatic carbocycles. The van der Waals surface area contributed by atoms with Gasteiger partial charge in [0.2, 0.25) is 5.91 Å². The van der Waals surface area contributed by atoms with E-state index in [2.05, 4.69) is 12.4 Å². The highest BCUT2D eigenvalue weighted by Crippen LogP contribution is 2.22. The van der Waals surface area contributed by atoms with E-state index in [4.69, 9.17) is 11.6 Å². The van der Waals surface area contributed by atoms with Gasteiger partial charge in [-0.3, -0.25) is 4.79 Å². The van der Waals surface area contributed by atoms with Crippen LogP contribution in [0.5, 0.6) is 0 Å². The van der Waals surface area contributed by atoms with Crippen LogP contribution in [-0.4, -0.2) is 36.8 Å². The molecule has 3 nitrogen and oxygen atoms in total. The second-order valence-electron chi connectivity index (χ2n) is 6.57. The molecule has 2 N–H and O–H groups in total. The van der Waals surface area contributed by atoms with Crippen LogP contribution in [0, 0.1) is 0 Å². The minimum absolute atomic E-state index is 0.183. The number of fused-ring (bicyclic) bond motifs is 2. The summed E-state index contributed by atoms with van der Waals surface area (Å²) in [6, 6.07) is 9.74. The monoisotopic (exact) mass is 339 g/mol. The predicted octanol–water partition coefficient (Wildman–Crippen LogP) is 1.90. The Bertz CT molecular complexity index is 508. The lowest BCUT2D eigenvalue weighted by molar-refractivity contribution is -0.922. The standard InChI is InChI=1S/C17H23ClN2OS/c1-20-15-6-7-16(20)9-14(8-15)19-17(21)11-22-10-12-2-4-13(18)5-3-12/h2-5,14-16H,6-11H2,1H3,(H,19,21)/p+1/t14?,15-,16+. The number of quaternary nitrogens is 1. The van der Waals surface area contributed by atoms with Crippen LogP contribution in [0.2, 0.25) is 5.02 Å². The van der Waals surface area contributed by atoms with Gasteiger partial charge in [0.05, 0.1) is 24.9 Å². The molecule has 120 valence electrons. The van der Waals surface area contributed by atoms with Gasteiger partial charge >= 0.3 is 0 Å². The molecule has 2 saturated heterocycles. The van der Waals surface area contributed by atoms with Crippen molar-refractivity contribution in [3.63, 3.8) is 0 Å². The number of carbonyl (C=O) groups excluding carboxylic acids is 1. The van der Waals surface area contributed by atoms with Gasteiger partial charge in [-0.15, -0.1) is 11.8 Å². The Balaban J connectivity index is 1.39. The molecule has 2 fully saturated rings. The zero-order chi connectivity index (χ0) is 15.5. The van der Waals surface area contributed by atoms with Crippen molar-refractivity contribution >= 4 is 29.3 Å². The summed E-state index contributed by atoms with van der Waals surface area (Å²) < 4.78 is 0. The van der Waals surface area contributed by atoms with Crippen molar-refractivity contribution in [3.8, 4) is 0 Å². The Morgan fingerprint density at radius 1 is 1.27 bits per heavy atom. The number of thioether (sulfide) groups is 1. The lowest BCUT2D eigenvalue weighted by atomic mass is 9.98. The maximum atomic E-state index is 12.1. The average molecular weight is 340 g/mol. The first-order valence-electron chi connectivity index (χ1n) is 8.06. The van der Waals surface area contributed by atoms with Gasteiger partial charge in [0.25, 0.3) is 0 Å². The Morgan fingerprint density at radius 2 is 1.91 bits per heavy atom. The third-order valence-corrected chi connectivity index (χ3v) is 6.33. The normalized spacial score (nSPS) is 30.3. The molecule has 2 aliphatic rings. The summed E-state index contributed by atoms with van der Waals surface area (Å²) in [6.45, 7) is 0. The summed E-state index contributed by atoms with van der Waals surface area (Å²) in [7, 11) is 2.31. The highest BCUT2D eigenvalue weighted by molar-refractivity contribution is 7.99. The van der Waals surface area contributed by atoms with Crippen LogP contribution in [0.25, 0.3) is 0 Å². The van der Waals surface area contributed by atoms with Crippen molar-refractivity contribution in [2.75, 3.05) is 12.8 Å². The zero-order valence-corrected chi connectivity index (χ0v) is 14.6. The highest BCUT2D eigenvalue weighted by atomic mass is 35.5. The van der Waals surface area contributed by atoms with Crippen LogP contribution in [0.3, 0.4) is 0 Å². The van der Waals surface area contributed by atoms with Gasteiger partial charge in [0, 0.05) is 42.5 Å². The molecular formula is C17H24ClN2OS+. The van der Waals surface area contributed by atoms with Gasteiger partial charge in [-0.1, -0.05) is 23.7 Å². The van der Waals surface area contributed by atoms with Gasteiger partial charge in [0.1, 0.15) is 0 Å². The number of carbonyl (C=O) groups is 1. The van der Waals surface area contributed by atoms with E-state index in [-0.39, 0.29) is 5.91 Å². The number of hydrogen-bond acceptors (Lipinski definition) is 2. The molecule has 5 heteroatoms. The maximum Gasteiger partial charge on any atom is 0.230 e. The lowest BCUT2D eigenvalue weighted by Crippen LogP contribution is -3.15. The van der Waals surface area contributed by atoms with Crippen LogP contribution >= 0.6 is 23.4 Å². The fourth-order valence-electron chi connectivity index (χ4n) is 3.81. The quantitative estimate of drug-likeness (QED) is 0.859. The van der Waals surface area contributed by atoms with Crippen molar-refractivity contribution in [2.24, 2.45) is 0 Å². The van der Waals surface area contributed by atoms with E-state index >= 15 is 0 Å². The van der Waals surface area contributed by atoms with Crippen molar-refractivity contribution in [2.45, 2.75) is 49.6 Å². The third-order valence-electron chi connectivity index (χ3n) is 5.07. The van der Waals surface area contributed by atoms with Gasteiger partial charge in [-0.2, -0.15) is 0 Å². The van der Waals surface area contributed by atoms with Gasteiger partial charge in [0.15, 0.2) is 0 Å². The van der Waals surface area contributed by atoms with Gasteiger partial charge in [-0.05, 0) is 17.7 Å². The molecule has 3 rings (SSSR count). The molecule has 0 saturated carbocycles. The molecular weight excluding hydrogens is 316 g/mol. The number of piperidine rings is 1. The van der Waals surface area contributed by atoms with Crippen LogP contribution < -0.4 is 10.2 Å². The molecule has 0 spiro atoms. The second kappa shape index (κ2) is 7.24. The van der Waals surface area contributed by atoms with E-state index < -0.39 is 0 Å². The number of benzene rings is 1. The average Bonchev–Trinajstić information content (AvgIpc) is 2.72. The molecule has 0 radical (unpaired) electrons. The molecule has 1 amide bonds. The SMILES string of the molecule is C[NH+]1[C@@H]2CC[C@H]1CC(NC(=O)CSCc1ccc(Cl)cc1)C2. The Hall–Kier alpha value is -0.710. The van der Waals surface area contributed by atoms with E-state index in [1.165, 1.54) is 18.4 Å². The smallest absolute Gasteiger partial charge is 0.230 e. The van der Waals surface area contributed by atoms with Crippen molar-refractivity contribution in [3.05, 3.63) is 34.9 Å². The number of nitrogens with one attached hydrogen (secondary N) is 2. The molecule has 0 aromatic heterocycles. The first-order valence-corrected chi connectivity index (χ1v) is 9.60. The highest BCUT2D eigenvalue weighted by Gasteiger charge is 2.42. The summed E-state index contributed by atoms with van der Waals surface area (Å²) in [5, 5.41) is 4.00. The minimum atomic E-state index is 0.183. The number of halogens is 1. The first-order chi connectivity index (χ1) is 10.6. The minimum Gasteiger partial charge on any atom is -0.352 e. The summed E-state index contributed by atoms with van der Waals surface area (Å²) in [5.74, 6) is 1.58. The number of rotatable bonds is 5. The Morgan fingerprint density at radius 3 is 2.55 bits per heavy atom. The first kappa shape index (κ1) is 16.2. The molecule has 4 atom stereocenters. The number of hydrogen-bond donors (Lipinski definition) is 2. The summed E-state index contributed by atoms with van der Waals surface area (Å²) in [5.41, 5.74) is 1.21. The molecule has 2 unspecified atom stereocenters. The van der Waals surface area contributed by atoms with Crippen LogP contribution in [0.15, 0.2) is 24.3 Å². The van der Waals surface area contributed by atoms with Gasteiger partial charge in [-0.25, -0.2) is 0 Å². The van der Waals surface area contributed by atoms with E-state index in [1.807, 2.05) is 24.3 Å². The summed E-state index contributed by atoms with van der Waals surface area (Å²) >= 11 is 7.54. The predicted molar refractivity (Wildman–Crippen MR) is 92.5 cm³/mol. The zero-order valence-electron chi connectivity index (χ0n) is 13.0. The number of amides is 1. The van der Waals surface area contributed by atoms with Crippen LogP contribution in [0.4, 0.5) is 0 Å². The second-order valence-corrected chi connectivity index (χ2v) is 7.99. The molecule has 1 aromatic rings. The van der Waals surface area contributed by atoms with E-state index in [9.17, 15) is 4.79 Å². The molecule has 2 bridgehead atoms. The fraction of sp³-hybridized carbons (Fsp3) is 0.588. The largest absolute Gasteiger partial charge is 0.352 e. The van der Waals surface area contributed by atoms with Gasteiger partial charge < -0.3 is 10.2 Å². The third kappa shape index (κ3) is 3.98. The van der Waals surface area contributed by atoms with E-state index in [0.29, 0.717) is 11.8 Å². The Labute approximate surface area is 141 Å². The van der Waals surface area contributed by atoms with Crippen molar-refractivity contribution in [1.82, 2.24) is 5.32 Å². The summed E-state index contributed by atoms with van der Waals surface area (Å²) in [6.07, 6.45) is 4.95. The van der Waals surface area contributed by atoms with E-state index in [1.54, 1.807) is 16.7 Å². The molecule has 0 aliphatic carbocycles. The van der Waals surface area contributed by atoms with Crippen LogP contribution in [-0.2, 0) is 10.5 Å². The topological polar surface area (TPSA) is 33.5 Å². The molecule has 2 aliphatic heterocycles. The summed E-state index contributed by atoms with van der Waals surface area (Å²) in [4.78, 5) is 13.8. The van der Waals surface area contributed by atoms with E-state index in [0.717, 1.165) is 35.7 Å². The van der Waals surface area contributed by atoms with Crippen molar-refractivity contribution < 1.29 is 9.69 Å². The van der Waals surface area contributed by atoms with Crippen LogP contribution in [0.1, 0.15) is 31.2 Å². The molecule has 22 heavy (non-hydrogen) atoms. The lowest BCUT2D eigenvalue weighted by Gasteiger charge is -2.33. The maximum absolute atomic E-state index is 12.1. The molecule has 2 heterocycles.